The molecular formula is C17H22N2O. The van der Waals surface area contributed by atoms with Gasteiger partial charge in [-0.25, -0.2) is 0 Å². The van der Waals surface area contributed by atoms with Gasteiger partial charge in [0, 0.05) is 31.4 Å². The quantitative estimate of drug-likeness (QED) is 0.873. The molecule has 0 radical (unpaired) electrons. The highest BCUT2D eigenvalue weighted by Crippen LogP contribution is 2.22. The van der Waals surface area contributed by atoms with Crippen molar-refractivity contribution in [3.8, 4) is 5.75 Å². The number of hydrogen-bond donors (Lipinski definition) is 1. The third-order valence-corrected chi connectivity index (χ3v) is 3.50. The molecule has 1 atom stereocenters. The van der Waals surface area contributed by atoms with Crippen molar-refractivity contribution >= 4 is 5.69 Å². The summed E-state index contributed by atoms with van der Waals surface area (Å²) in [5.74, 6) is 0.884. The molecule has 0 spiro atoms. The van der Waals surface area contributed by atoms with E-state index in [0.717, 1.165) is 18.0 Å². The predicted molar refractivity (Wildman–Crippen MR) is 84.5 cm³/mol. The highest BCUT2D eigenvalue weighted by molar-refractivity contribution is 5.50. The Bertz CT molecular complexity index is 528. The average Bonchev–Trinajstić information content (AvgIpc) is 2.53. The van der Waals surface area contributed by atoms with Crippen LogP contribution in [0.15, 0.2) is 54.6 Å². The Morgan fingerprint density at radius 1 is 1.10 bits per heavy atom. The standard InChI is InChI=1S/C17H22N2O/c1-18-17(14-8-5-4-6-9-14)13-19(2)15-10-7-11-16(12-15)20-3/h4-12,17-18H,13H2,1-3H3. The summed E-state index contributed by atoms with van der Waals surface area (Å²) in [7, 11) is 5.79. The molecule has 106 valence electrons. The van der Waals surface area contributed by atoms with Gasteiger partial charge in [-0.1, -0.05) is 36.4 Å². The largest absolute Gasteiger partial charge is 0.497 e. The van der Waals surface area contributed by atoms with Crippen LogP contribution < -0.4 is 15.0 Å². The molecule has 0 heterocycles. The van der Waals surface area contributed by atoms with Gasteiger partial charge in [0.05, 0.1) is 7.11 Å². The normalized spacial score (nSPS) is 11.9. The summed E-state index contributed by atoms with van der Waals surface area (Å²) in [6, 6.07) is 18.9. The molecule has 0 aromatic heterocycles. The second-order valence-corrected chi connectivity index (χ2v) is 4.83. The first-order valence-corrected chi connectivity index (χ1v) is 6.82. The average molecular weight is 270 g/mol. The van der Waals surface area contributed by atoms with E-state index in [1.165, 1.54) is 5.56 Å². The molecule has 20 heavy (non-hydrogen) atoms. The second-order valence-electron chi connectivity index (χ2n) is 4.83. The van der Waals surface area contributed by atoms with E-state index in [9.17, 15) is 0 Å². The second kappa shape index (κ2) is 6.96. The summed E-state index contributed by atoms with van der Waals surface area (Å²) in [5.41, 5.74) is 2.45. The molecule has 0 aliphatic heterocycles. The lowest BCUT2D eigenvalue weighted by molar-refractivity contribution is 0.414. The third kappa shape index (κ3) is 3.52. The molecule has 0 aliphatic carbocycles. The number of nitrogens with zero attached hydrogens (tertiary/aromatic N) is 1. The number of anilines is 1. The minimum atomic E-state index is 0.299. The molecule has 2 aromatic rings. The molecular weight excluding hydrogens is 248 g/mol. The first-order chi connectivity index (χ1) is 9.74. The minimum Gasteiger partial charge on any atom is -0.497 e. The number of hydrogen-bond acceptors (Lipinski definition) is 3. The van der Waals surface area contributed by atoms with Crippen LogP contribution in [0.25, 0.3) is 0 Å². The van der Waals surface area contributed by atoms with Crippen molar-refractivity contribution in [2.24, 2.45) is 0 Å². The number of benzene rings is 2. The van der Waals surface area contributed by atoms with Gasteiger partial charge in [0.15, 0.2) is 0 Å². The number of rotatable bonds is 6. The van der Waals surface area contributed by atoms with Crippen molar-refractivity contribution in [3.05, 3.63) is 60.2 Å². The molecule has 0 bridgehead atoms. The lowest BCUT2D eigenvalue weighted by Crippen LogP contribution is -2.31. The van der Waals surface area contributed by atoms with Crippen LogP contribution in [-0.2, 0) is 0 Å². The highest BCUT2D eigenvalue weighted by atomic mass is 16.5. The van der Waals surface area contributed by atoms with Crippen molar-refractivity contribution in [2.75, 3.05) is 32.6 Å². The lowest BCUT2D eigenvalue weighted by atomic mass is 10.1. The summed E-state index contributed by atoms with van der Waals surface area (Å²) in [6.07, 6.45) is 0. The zero-order valence-corrected chi connectivity index (χ0v) is 12.3. The van der Waals surface area contributed by atoms with E-state index in [2.05, 4.69) is 53.7 Å². The molecule has 2 aromatic carbocycles. The molecule has 0 saturated carbocycles. The maximum absolute atomic E-state index is 5.28. The smallest absolute Gasteiger partial charge is 0.120 e. The monoisotopic (exact) mass is 270 g/mol. The van der Waals surface area contributed by atoms with Gasteiger partial charge in [-0.05, 0) is 24.7 Å². The number of methoxy groups -OCH3 is 1. The van der Waals surface area contributed by atoms with Crippen LogP contribution in [0.1, 0.15) is 11.6 Å². The van der Waals surface area contributed by atoms with Gasteiger partial charge in [0.2, 0.25) is 0 Å². The van der Waals surface area contributed by atoms with Crippen LogP contribution in [0.4, 0.5) is 5.69 Å². The molecule has 1 N–H and O–H groups in total. The first-order valence-electron chi connectivity index (χ1n) is 6.82. The molecule has 3 nitrogen and oxygen atoms in total. The van der Waals surface area contributed by atoms with E-state index in [1.54, 1.807) is 7.11 Å². The van der Waals surface area contributed by atoms with E-state index in [-0.39, 0.29) is 0 Å². The van der Waals surface area contributed by atoms with Gasteiger partial charge in [0.1, 0.15) is 5.75 Å². The Morgan fingerprint density at radius 2 is 1.85 bits per heavy atom. The Balaban J connectivity index is 2.11. The van der Waals surface area contributed by atoms with Gasteiger partial charge in [-0.2, -0.15) is 0 Å². The molecule has 0 fully saturated rings. The maximum atomic E-state index is 5.28. The van der Waals surface area contributed by atoms with Crippen LogP contribution in [-0.4, -0.2) is 27.7 Å². The Morgan fingerprint density at radius 3 is 2.50 bits per heavy atom. The minimum absolute atomic E-state index is 0.299. The Kier molecular flexibility index (Phi) is 5.02. The lowest BCUT2D eigenvalue weighted by Gasteiger charge is -2.26. The van der Waals surface area contributed by atoms with Crippen LogP contribution in [0.3, 0.4) is 0 Å². The van der Waals surface area contributed by atoms with Crippen molar-refractivity contribution in [1.29, 1.82) is 0 Å². The number of nitrogens with one attached hydrogen (secondary N) is 1. The number of likely N-dealkylation sites (N-methyl/N-ethyl adjacent to an activating group) is 2. The summed E-state index contributed by atoms with van der Waals surface area (Å²) in [5, 5.41) is 3.37. The summed E-state index contributed by atoms with van der Waals surface area (Å²) in [4.78, 5) is 2.23. The fourth-order valence-electron chi connectivity index (χ4n) is 2.28. The van der Waals surface area contributed by atoms with E-state index in [1.807, 2.05) is 25.2 Å². The molecule has 0 aliphatic rings. The zero-order chi connectivity index (χ0) is 14.4. The van der Waals surface area contributed by atoms with E-state index in [0.29, 0.717) is 6.04 Å². The molecule has 1 unspecified atom stereocenters. The summed E-state index contributed by atoms with van der Waals surface area (Å²) in [6.45, 7) is 0.897. The molecule has 3 heteroatoms. The van der Waals surface area contributed by atoms with Crippen molar-refractivity contribution in [1.82, 2.24) is 5.32 Å². The van der Waals surface area contributed by atoms with Crippen LogP contribution in [0.5, 0.6) is 5.75 Å². The van der Waals surface area contributed by atoms with E-state index < -0.39 is 0 Å². The van der Waals surface area contributed by atoms with Gasteiger partial charge in [-0.15, -0.1) is 0 Å². The summed E-state index contributed by atoms with van der Waals surface area (Å²) >= 11 is 0. The van der Waals surface area contributed by atoms with Crippen molar-refractivity contribution in [3.63, 3.8) is 0 Å². The zero-order valence-electron chi connectivity index (χ0n) is 12.3. The Hall–Kier alpha value is -2.00. The van der Waals surface area contributed by atoms with Crippen LogP contribution >= 0.6 is 0 Å². The van der Waals surface area contributed by atoms with Gasteiger partial charge in [0.25, 0.3) is 0 Å². The molecule has 2 rings (SSSR count). The van der Waals surface area contributed by atoms with Crippen molar-refractivity contribution in [2.45, 2.75) is 6.04 Å². The SMILES string of the molecule is CNC(CN(C)c1cccc(OC)c1)c1ccccc1. The number of ether oxygens (including phenoxy) is 1. The van der Waals surface area contributed by atoms with Gasteiger partial charge in [-0.3, -0.25) is 0 Å². The van der Waals surface area contributed by atoms with E-state index in [4.69, 9.17) is 4.74 Å². The topological polar surface area (TPSA) is 24.5 Å². The molecule has 0 saturated heterocycles. The predicted octanol–water partition coefficient (Wildman–Crippen LogP) is 3.09. The van der Waals surface area contributed by atoms with E-state index >= 15 is 0 Å². The summed E-state index contributed by atoms with van der Waals surface area (Å²) < 4.78 is 5.28. The Labute approximate surface area is 121 Å². The third-order valence-electron chi connectivity index (χ3n) is 3.50. The maximum Gasteiger partial charge on any atom is 0.120 e. The van der Waals surface area contributed by atoms with Crippen molar-refractivity contribution < 1.29 is 4.74 Å². The molecule has 0 amide bonds. The fourth-order valence-corrected chi connectivity index (χ4v) is 2.28. The van der Waals surface area contributed by atoms with Gasteiger partial charge >= 0.3 is 0 Å². The van der Waals surface area contributed by atoms with Crippen LogP contribution in [0, 0.1) is 0 Å². The van der Waals surface area contributed by atoms with Gasteiger partial charge < -0.3 is 15.0 Å². The first kappa shape index (κ1) is 14.4. The fraction of sp³-hybridized carbons (Fsp3) is 0.294. The highest BCUT2D eigenvalue weighted by Gasteiger charge is 2.12. The van der Waals surface area contributed by atoms with Crippen LogP contribution in [0.2, 0.25) is 0 Å².